The molecule has 9 heteroatoms. The Morgan fingerprint density at radius 2 is 1.97 bits per heavy atom. The number of hydrogen-bond acceptors (Lipinski definition) is 8. The Hall–Kier alpha value is -3.20. The van der Waals surface area contributed by atoms with Crippen molar-refractivity contribution in [1.82, 2.24) is 4.98 Å². The molecule has 3 aromatic rings. The molecule has 0 spiro atoms. The second kappa shape index (κ2) is 8.44. The van der Waals surface area contributed by atoms with E-state index in [1.165, 1.54) is 6.92 Å². The van der Waals surface area contributed by atoms with Crippen LogP contribution in [0.5, 0.6) is 11.5 Å². The minimum atomic E-state index is -0.958. The fourth-order valence-electron chi connectivity index (χ4n) is 2.68. The molecule has 0 saturated carbocycles. The van der Waals surface area contributed by atoms with E-state index in [2.05, 4.69) is 10.3 Å². The molecular formula is C20H18N2O6S. The maximum absolute atomic E-state index is 12.3. The summed E-state index contributed by atoms with van der Waals surface area (Å²) in [5.41, 5.74) is 1.90. The van der Waals surface area contributed by atoms with Gasteiger partial charge in [-0.25, -0.2) is 4.98 Å². The largest absolute Gasteiger partial charge is 0.486 e. The van der Waals surface area contributed by atoms with Crippen molar-refractivity contribution in [2.45, 2.75) is 18.3 Å². The van der Waals surface area contributed by atoms with Gasteiger partial charge in [0.1, 0.15) is 24.5 Å². The van der Waals surface area contributed by atoms with Crippen molar-refractivity contribution < 1.29 is 28.2 Å². The summed E-state index contributed by atoms with van der Waals surface area (Å²) in [6, 6.07) is 12.4. The quantitative estimate of drug-likeness (QED) is 0.485. The number of para-hydroxylation sites is 2. The normalized spacial score (nSPS) is 13.7. The number of carbonyl (C=O) groups is 2. The zero-order valence-electron chi connectivity index (χ0n) is 15.5. The Labute approximate surface area is 170 Å². The minimum Gasteiger partial charge on any atom is -0.486 e. The molecule has 1 amide bonds. The van der Waals surface area contributed by atoms with Gasteiger partial charge in [-0.2, -0.15) is 0 Å². The van der Waals surface area contributed by atoms with Crippen LogP contribution in [0.3, 0.4) is 0 Å². The van der Waals surface area contributed by atoms with Crippen molar-refractivity contribution >= 4 is 40.4 Å². The topological polar surface area (TPSA) is 99.9 Å². The minimum absolute atomic E-state index is 0.0194. The number of nitrogens with zero attached hydrogens (tertiary/aromatic N) is 1. The number of amides is 1. The van der Waals surface area contributed by atoms with Gasteiger partial charge in [0.15, 0.2) is 23.2 Å². The second-order valence-electron chi connectivity index (χ2n) is 6.22. The lowest BCUT2D eigenvalue weighted by Gasteiger charge is -2.19. The standard InChI is InChI=1S/C20H18N2O6S/c1-12(19(24)21-13-6-7-16-17(10-13)26-9-8-25-16)27-18(23)11-29-20-22-14-4-2-3-5-15(14)28-20/h2-7,10,12H,8-9,11H2,1H3,(H,21,24)/t12-/m0/s1. The highest BCUT2D eigenvalue weighted by Gasteiger charge is 2.20. The van der Waals surface area contributed by atoms with Crippen LogP contribution in [0.15, 0.2) is 52.1 Å². The lowest BCUT2D eigenvalue weighted by Crippen LogP contribution is -2.30. The maximum atomic E-state index is 12.3. The van der Waals surface area contributed by atoms with Gasteiger partial charge in [0.2, 0.25) is 0 Å². The monoisotopic (exact) mass is 414 g/mol. The number of oxazole rings is 1. The third-order valence-corrected chi connectivity index (χ3v) is 4.88. The lowest BCUT2D eigenvalue weighted by atomic mass is 10.2. The van der Waals surface area contributed by atoms with Gasteiger partial charge in [0.25, 0.3) is 11.1 Å². The molecule has 0 radical (unpaired) electrons. The van der Waals surface area contributed by atoms with Gasteiger partial charge >= 0.3 is 5.97 Å². The Kier molecular flexibility index (Phi) is 5.57. The van der Waals surface area contributed by atoms with Crippen LogP contribution in [0.25, 0.3) is 11.1 Å². The Morgan fingerprint density at radius 3 is 2.79 bits per heavy atom. The summed E-state index contributed by atoms with van der Waals surface area (Å²) >= 11 is 1.11. The predicted octanol–water partition coefficient (Wildman–Crippen LogP) is 3.26. The van der Waals surface area contributed by atoms with Gasteiger partial charge < -0.3 is 23.9 Å². The van der Waals surface area contributed by atoms with Crippen LogP contribution in [-0.2, 0) is 14.3 Å². The number of thioether (sulfide) groups is 1. The van der Waals surface area contributed by atoms with Gasteiger partial charge in [-0.1, -0.05) is 23.9 Å². The van der Waals surface area contributed by atoms with Gasteiger partial charge in [0.05, 0.1) is 0 Å². The first kappa shape index (κ1) is 19.1. The molecule has 0 fully saturated rings. The fraction of sp³-hybridized carbons (Fsp3) is 0.250. The molecule has 8 nitrogen and oxygen atoms in total. The van der Waals surface area contributed by atoms with Crippen LogP contribution in [0, 0.1) is 0 Å². The van der Waals surface area contributed by atoms with E-state index in [1.54, 1.807) is 24.3 Å². The predicted molar refractivity (Wildman–Crippen MR) is 106 cm³/mol. The van der Waals surface area contributed by atoms with E-state index in [0.29, 0.717) is 41.2 Å². The van der Waals surface area contributed by atoms with Crippen molar-refractivity contribution in [1.29, 1.82) is 0 Å². The zero-order valence-corrected chi connectivity index (χ0v) is 16.4. The summed E-state index contributed by atoms with van der Waals surface area (Å²) in [5.74, 6) is 0.191. The lowest BCUT2D eigenvalue weighted by molar-refractivity contribution is -0.150. The number of ether oxygens (including phenoxy) is 3. The number of esters is 1. The van der Waals surface area contributed by atoms with Crippen molar-refractivity contribution in [2.24, 2.45) is 0 Å². The highest BCUT2D eigenvalue weighted by molar-refractivity contribution is 7.99. The number of aromatic nitrogens is 1. The highest BCUT2D eigenvalue weighted by Crippen LogP contribution is 2.32. The average Bonchev–Trinajstić information content (AvgIpc) is 3.15. The molecule has 0 bridgehead atoms. The molecule has 1 atom stereocenters. The third kappa shape index (κ3) is 4.62. The maximum Gasteiger partial charge on any atom is 0.317 e. The summed E-state index contributed by atoms with van der Waals surface area (Å²) in [6.45, 7) is 2.46. The first-order valence-corrected chi connectivity index (χ1v) is 9.95. The molecule has 1 N–H and O–H groups in total. The van der Waals surface area contributed by atoms with E-state index in [4.69, 9.17) is 18.6 Å². The van der Waals surface area contributed by atoms with E-state index < -0.39 is 18.0 Å². The summed E-state index contributed by atoms with van der Waals surface area (Å²) in [6.07, 6.45) is -0.958. The summed E-state index contributed by atoms with van der Waals surface area (Å²) in [5, 5.41) is 3.07. The van der Waals surface area contributed by atoms with Crippen molar-refractivity contribution in [3.8, 4) is 11.5 Å². The van der Waals surface area contributed by atoms with Crippen LogP contribution >= 0.6 is 11.8 Å². The van der Waals surface area contributed by atoms with Crippen molar-refractivity contribution in [3.63, 3.8) is 0 Å². The van der Waals surface area contributed by atoms with Crippen LogP contribution in [-0.4, -0.2) is 41.9 Å². The first-order chi connectivity index (χ1) is 14.1. The summed E-state index contributed by atoms with van der Waals surface area (Å²) in [7, 11) is 0. The van der Waals surface area contributed by atoms with Crippen LogP contribution in [0.2, 0.25) is 0 Å². The SMILES string of the molecule is C[C@H](OC(=O)CSc1nc2ccccc2o1)C(=O)Nc1ccc2c(c1)OCCO2. The zero-order chi connectivity index (χ0) is 20.2. The molecule has 0 saturated heterocycles. The number of carbonyl (C=O) groups excluding carboxylic acids is 2. The van der Waals surface area contributed by atoms with Crippen LogP contribution in [0.1, 0.15) is 6.92 Å². The number of benzene rings is 2. The molecule has 2 heterocycles. The smallest absolute Gasteiger partial charge is 0.317 e. The number of anilines is 1. The molecule has 150 valence electrons. The van der Waals surface area contributed by atoms with E-state index >= 15 is 0 Å². The summed E-state index contributed by atoms with van der Waals surface area (Å²) < 4.78 is 21.7. The molecule has 1 aliphatic heterocycles. The van der Waals surface area contributed by atoms with Crippen LogP contribution in [0.4, 0.5) is 5.69 Å². The first-order valence-electron chi connectivity index (χ1n) is 8.97. The van der Waals surface area contributed by atoms with E-state index in [-0.39, 0.29) is 5.75 Å². The Bertz CT molecular complexity index is 1020. The number of fused-ring (bicyclic) bond motifs is 2. The molecule has 0 unspecified atom stereocenters. The highest BCUT2D eigenvalue weighted by atomic mass is 32.2. The van der Waals surface area contributed by atoms with Gasteiger partial charge in [-0.15, -0.1) is 0 Å². The number of hydrogen-bond donors (Lipinski definition) is 1. The molecule has 1 aromatic heterocycles. The average molecular weight is 414 g/mol. The fourth-order valence-corrected chi connectivity index (χ4v) is 3.30. The summed E-state index contributed by atoms with van der Waals surface area (Å²) in [4.78, 5) is 28.6. The van der Waals surface area contributed by atoms with Gasteiger partial charge in [0, 0.05) is 11.8 Å². The third-order valence-electron chi connectivity index (χ3n) is 4.07. The number of rotatable bonds is 6. The van der Waals surface area contributed by atoms with Crippen LogP contribution < -0.4 is 14.8 Å². The molecular weight excluding hydrogens is 396 g/mol. The van der Waals surface area contributed by atoms with E-state index in [1.807, 2.05) is 18.2 Å². The Balaban J connectivity index is 1.28. The van der Waals surface area contributed by atoms with Crippen molar-refractivity contribution in [3.05, 3.63) is 42.5 Å². The van der Waals surface area contributed by atoms with Gasteiger partial charge in [-0.3, -0.25) is 9.59 Å². The van der Waals surface area contributed by atoms with Crippen molar-refractivity contribution in [2.75, 3.05) is 24.3 Å². The van der Waals surface area contributed by atoms with Gasteiger partial charge in [-0.05, 0) is 31.2 Å². The number of nitrogens with one attached hydrogen (secondary N) is 1. The molecule has 29 heavy (non-hydrogen) atoms. The molecule has 1 aliphatic rings. The molecule has 2 aromatic carbocycles. The Morgan fingerprint density at radius 1 is 1.17 bits per heavy atom. The van der Waals surface area contributed by atoms with E-state index in [0.717, 1.165) is 17.3 Å². The molecule has 4 rings (SSSR count). The van der Waals surface area contributed by atoms with E-state index in [9.17, 15) is 9.59 Å². The second-order valence-corrected chi connectivity index (χ2v) is 7.14. The molecule has 0 aliphatic carbocycles.